The highest BCUT2D eigenvalue weighted by molar-refractivity contribution is 7.93. The van der Waals surface area contributed by atoms with E-state index in [1.807, 2.05) is 54.6 Å². The van der Waals surface area contributed by atoms with Crippen LogP contribution in [0.15, 0.2) is 78.9 Å². The number of hydrogen-bond acceptors (Lipinski definition) is 7. The number of methoxy groups -OCH3 is 1. The lowest BCUT2D eigenvalue weighted by Gasteiger charge is -2.37. The Morgan fingerprint density at radius 1 is 0.977 bits per heavy atom. The van der Waals surface area contributed by atoms with Crippen LogP contribution < -0.4 is 10.5 Å². The monoisotopic (exact) mass is 627 g/mol. The minimum absolute atomic E-state index is 0. The first-order valence-electron chi connectivity index (χ1n) is 13.6. The van der Waals surface area contributed by atoms with Gasteiger partial charge in [0.05, 0.1) is 13.2 Å². The summed E-state index contributed by atoms with van der Waals surface area (Å²) in [6.45, 7) is 3.45. The van der Waals surface area contributed by atoms with Crippen LogP contribution in [0.25, 0.3) is 11.1 Å². The fourth-order valence-corrected chi connectivity index (χ4v) is 7.85. The summed E-state index contributed by atoms with van der Waals surface area (Å²) < 4.78 is 35.2. The highest BCUT2D eigenvalue weighted by atomic mass is 35.5. The van der Waals surface area contributed by atoms with E-state index < -0.39 is 37.9 Å². The Bertz CT molecular complexity index is 1560. The lowest BCUT2D eigenvalue weighted by molar-refractivity contribution is -0.150. The van der Waals surface area contributed by atoms with Crippen LogP contribution in [0.5, 0.6) is 5.75 Å². The zero-order valence-electron chi connectivity index (χ0n) is 24.7. The van der Waals surface area contributed by atoms with Gasteiger partial charge in [-0.2, -0.15) is 0 Å². The number of nitrogens with two attached hydrogens (primary N) is 1. The van der Waals surface area contributed by atoms with Crippen LogP contribution in [-0.4, -0.2) is 68.3 Å². The molecule has 3 N–H and O–H groups in total. The second-order valence-corrected chi connectivity index (χ2v) is 13.3. The number of nitrogen functional groups attached to an aromatic ring is 1. The molecular formula is C32H38ClN3O6S. The fourth-order valence-electron chi connectivity index (χ4n) is 5.94. The van der Waals surface area contributed by atoms with E-state index in [1.54, 1.807) is 38.1 Å². The predicted octanol–water partition coefficient (Wildman–Crippen LogP) is 4.26. The van der Waals surface area contributed by atoms with Gasteiger partial charge in [0.25, 0.3) is 10.7 Å². The molecule has 1 amide bonds. The average Bonchev–Trinajstić information content (AvgIpc) is 3.13. The molecule has 0 aromatic heterocycles. The summed E-state index contributed by atoms with van der Waals surface area (Å²) >= 11 is 0. The molecule has 11 heteroatoms. The minimum Gasteiger partial charge on any atom is -0.491 e. The van der Waals surface area contributed by atoms with Gasteiger partial charge < -0.3 is 20.1 Å². The van der Waals surface area contributed by atoms with Gasteiger partial charge in [0.15, 0.2) is 9.84 Å². The van der Waals surface area contributed by atoms with Crippen molar-refractivity contribution in [3.8, 4) is 16.9 Å². The third-order valence-electron chi connectivity index (χ3n) is 8.21. The number of sulfone groups is 1. The summed E-state index contributed by atoms with van der Waals surface area (Å²) in [6, 6.07) is 23.7. The SMILES string of the molecule is COC(=O)[C@]1(S(C)(=O)=O)C(=O)N(CCCc2ccccc2)[C@H](COc2ccc(-c3ccc(C(=N)N)cc3)cc2)C1(C)C.Cl. The van der Waals surface area contributed by atoms with Crippen LogP contribution in [0.1, 0.15) is 31.4 Å². The lowest BCUT2D eigenvalue weighted by Crippen LogP contribution is -2.61. The summed E-state index contributed by atoms with van der Waals surface area (Å²) in [5.41, 5.74) is 7.78. The zero-order valence-corrected chi connectivity index (χ0v) is 26.3. The minimum atomic E-state index is -4.25. The number of hydrogen-bond donors (Lipinski definition) is 2. The topological polar surface area (TPSA) is 140 Å². The van der Waals surface area contributed by atoms with Crippen molar-refractivity contribution < 1.29 is 27.5 Å². The molecule has 9 nitrogen and oxygen atoms in total. The number of nitrogens with one attached hydrogen (secondary N) is 1. The van der Waals surface area contributed by atoms with Crippen LogP contribution in [0.2, 0.25) is 0 Å². The van der Waals surface area contributed by atoms with Crippen LogP contribution in [0, 0.1) is 10.8 Å². The van der Waals surface area contributed by atoms with E-state index in [1.165, 1.54) is 4.90 Å². The third-order valence-corrected chi connectivity index (χ3v) is 10.2. The number of amides is 1. The molecule has 3 aromatic rings. The van der Waals surface area contributed by atoms with Crippen molar-refractivity contribution in [1.82, 2.24) is 4.90 Å². The van der Waals surface area contributed by atoms with Gasteiger partial charge in [0.2, 0.25) is 0 Å². The second kappa shape index (κ2) is 13.2. The van der Waals surface area contributed by atoms with Crippen molar-refractivity contribution in [2.75, 3.05) is 26.5 Å². The zero-order chi connectivity index (χ0) is 30.7. The first kappa shape index (κ1) is 33.6. The molecule has 1 heterocycles. The van der Waals surface area contributed by atoms with E-state index >= 15 is 0 Å². The molecule has 0 radical (unpaired) electrons. The van der Waals surface area contributed by atoms with Gasteiger partial charge in [0.1, 0.15) is 18.2 Å². The van der Waals surface area contributed by atoms with Crippen LogP contribution in [-0.2, 0) is 30.6 Å². The average molecular weight is 628 g/mol. The molecule has 3 aromatic carbocycles. The van der Waals surface area contributed by atoms with E-state index in [2.05, 4.69) is 0 Å². The van der Waals surface area contributed by atoms with Gasteiger partial charge in [-0.1, -0.05) is 80.6 Å². The quantitative estimate of drug-likeness (QED) is 0.140. The molecule has 0 saturated carbocycles. The van der Waals surface area contributed by atoms with Crippen molar-refractivity contribution in [2.45, 2.75) is 37.5 Å². The number of ether oxygens (including phenoxy) is 2. The Kier molecular flexibility index (Phi) is 10.3. The first-order chi connectivity index (χ1) is 19.8. The van der Waals surface area contributed by atoms with Gasteiger partial charge >= 0.3 is 5.97 Å². The summed E-state index contributed by atoms with van der Waals surface area (Å²) in [4.78, 5) is 28.7. The maximum absolute atomic E-state index is 14.0. The molecular weight excluding hydrogens is 590 g/mol. The van der Waals surface area contributed by atoms with Crippen LogP contribution in [0.3, 0.4) is 0 Å². The number of carbonyl (C=O) groups is 2. The van der Waals surface area contributed by atoms with E-state index in [4.69, 9.17) is 20.6 Å². The number of nitrogens with zero attached hydrogens (tertiary/aromatic N) is 1. The lowest BCUT2D eigenvalue weighted by atomic mass is 9.75. The van der Waals surface area contributed by atoms with Crippen molar-refractivity contribution in [1.29, 1.82) is 5.41 Å². The highest BCUT2D eigenvalue weighted by Gasteiger charge is 2.74. The molecule has 0 spiro atoms. The summed E-state index contributed by atoms with van der Waals surface area (Å²) in [5.74, 6) is -1.34. The smallest absolute Gasteiger partial charge is 0.337 e. The molecule has 1 fully saturated rings. The van der Waals surface area contributed by atoms with Crippen LogP contribution in [0.4, 0.5) is 0 Å². The number of benzene rings is 3. The predicted molar refractivity (Wildman–Crippen MR) is 169 cm³/mol. The maximum Gasteiger partial charge on any atom is 0.337 e. The van der Waals surface area contributed by atoms with Crippen molar-refractivity contribution >= 4 is 40.0 Å². The first-order valence-corrected chi connectivity index (χ1v) is 15.5. The molecule has 0 bridgehead atoms. The Morgan fingerprint density at radius 2 is 1.53 bits per heavy atom. The van der Waals surface area contributed by atoms with Gasteiger partial charge in [-0.25, -0.2) is 13.2 Å². The standard InChI is InChI=1S/C32H37N3O6S.ClH/c1-31(2)27(21-41-26-18-16-24(17-19-26)23-12-14-25(15-13-23)28(33)34)35(20-8-11-22-9-6-5-7-10-22)29(36)32(31,30(37)40-3)42(4,38)39;/h5-7,9-10,12-19,27H,8,11,20-21H2,1-4H3,(H3,33,34);1H/t27-,32-;/m1./s1. The van der Waals surface area contributed by atoms with E-state index in [9.17, 15) is 18.0 Å². The van der Waals surface area contributed by atoms with E-state index in [-0.39, 0.29) is 31.4 Å². The molecule has 1 aliphatic heterocycles. The maximum atomic E-state index is 14.0. The van der Waals surface area contributed by atoms with Gasteiger partial charge in [0, 0.05) is 23.8 Å². The van der Waals surface area contributed by atoms with Crippen molar-refractivity contribution in [2.24, 2.45) is 11.1 Å². The number of rotatable bonds is 11. The molecule has 0 unspecified atom stereocenters. The molecule has 43 heavy (non-hydrogen) atoms. The number of halogens is 1. The summed E-state index contributed by atoms with van der Waals surface area (Å²) in [6.07, 6.45) is 2.16. The number of likely N-dealkylation sites (tertiary alicyclic amines) is 1. The number of aryl methyl sites for hydroxylation is 1. The Labute approximate surface area is 259 Å². The number of amidine groups is 1. The van der Waals surface area contributed by atoms with Gasteiger partial charge in [-0.15, -0.1) is 12.4 Å². The van der Waals surface area contributed by atoms with Crippen molar-refractivity contribution in [3.63, 3.8) is 0 Å². The van der Waals surface area contributed by atoms with E-state index in [0.29, 0.717) is 24.2 Å². The van der Waals surface area contributed by atoms with E-state index in [0.717, 1.165) is 30.1 Å². The fraction of sp³-hybridized carbons (Fsp3) is 0.344. The number of carbonyl (C=O) groups excluding carboxylic acids is 2. The largest absolute Gasteiger partial charge is 0.491 e. The number of esters is 1. The summed E-state index contributed by atoms with van der Waals surface area (Å²) in [5, 5.41) is 7.56. The molecule has 1 aliphatic rings. The normalized spacial score (nSPS) is 19.4. The Balaban J connectivity index is 0.00000506. The van der Waals surface area contributed by atoms with Crippen LogP contribution >= 0.6 is 12.4 Å². The molecule has 4 rings (SSSR count). The second-order valence-electron chi connectivity index (χ2n) is 11.1. The summed E-state index contributed by atoms with van der Waals surface area (Å²) in [7, 11) is -3.15. The Hall–Kier alpha value is -3.89. The molecule has 230 valence electrons. The molecule has 0 aliphatic carbocycles. The van der Waals surface area contributed by atoms with Gasteiger partial charge in [-0.05, 0) is 41.7 Å². The highest BCUT2D eigenvalue weighted by Crippen LogP contribution is 2.50. The molecule has 1 saturated heterocycles. The van der Waals surface area contributed by atoms with Crippen molar-refractivity contribution in [3.05, 3.63) is 90.0 Å². The van der Waals surface area contributed by atoms with Gasteiger partial charge in [-0.3, -0.25) is 10.2 Å². The Morgan fingerprint density at radius 3 is 2.05 bits per heavy atom. The molecule has 2 atom stereocenters. The third kappa shape index (κ3) is 6.26.